The van der Waals surface area contributed by atoms with Crippen LogP contribution in [0.15, 0.2) is 30.3 Å². The molecule has 5 nitrogen and oxygen atoms in total. The van der Waals surface area contributed by atoms with Crippen molar-refractivity contribution in [3.8, 4) is 11.5 Å². The Kier molecular flexibility index (Phi) is 8.92. The third-order valence-electron chi connectivity index (χ3n) is 5.37. The third-order valence-corrected chi connectivity index (χ3v) is 5.65. The lowest BCUT2D eigenvalue weighted by Gasteiger charge is -2.28. The summed E-state index contributed by atoms with van der Waals surface area (Å²) in [4.78, 5) is 15.0. The standard InChI is InChI=1S/C25H31ClF2N2O3/c1-16(2)14-30(15-18-10-20(26)24-23(11-18)32-8-5-9-33-24)25(31)17(3)12-29-13-19-21(27)6-4-7-22(19)28/h4,6-7,10-11,16-17,29H,5,8-9,12-15H2,1-3H3. The summed E-state index contributed by atoms with van der Waals surface area (Å²) in [5.41, 5.74) is 0.824. The normalized spacial score (nSPS) is 14.2. The predicted octanol–water partition coefficient (Wildman–Crippen LogP) is 5.19. The molecule has 0 radical (unpaired) electrons. The van der Waals surface area contributed by atoms with Gasteiger partial charge in [-0.05, 0) is 35.7 Å². The molecule has 1 atom stereocenters. The summed E-state index contributed by atoms with van der Waals surface area (Å²) in [7, 11) is 0. The first-order valence-corrected chi connectivity index (χ1v) is 11.6. The Hall–Kier alpha value is -2.38. The van der Waals surface area contributed by atoms with E-state index in [2.05, 4.69) is 5.32 Å². The van der Waals surface area contributed by atoms with Gasteiger partial charge in [0.1, 0.15) is 11.6 Å². The molecular formula is C25H31ClF2N2O3. The van der Waals surface area contributed by atoms with Crippen LogP contribution in [0.4, 0.5) is 8.78 Å². The number of carbonyl (C=O) groups excluding carboxylic acids is 1. The Balaban J connectivity index is 1.67. The molecule has 1 amide bonds. The van der Waals surface area contributed by atoms with Crippen LogP contribution in [0.3, 0.4) is 0 Å². The number of nitrogens with one attached hydrogen (secondary N) is 1. The molecule has 0 spiro atoms. The van der Waals surface area contributed by atoms with Crippen LogP contribution in [0.5, 0.6) is 11.5 Å². The first kappa shape index (κ1) is 25.2. The monoisotopic (exact) mass is 480 g/mol. The van der Waals surface area contributed by atoms with Crippen LogP contribution < -0.4 is 14.8 Å². The molecule has 0 saturated heterocycles. The summed E-state index contributed by atoms with van der Waals surface area (Å²) < 4.78 is 39.1. The molecule has 1 heterocycles. The maximum absolute atomic E-state index is 13.8. The van der Waals surface area contributed by atoms with Crippen LogP contribution in [0.2, 0.25) is 5.02 Å². The summed E-state index contributed by atoms with van der Waals surface area (Å²) in [6.07, 6.45) is 0.777. The maximum atomic E-state index is 13.8. The third kappa shape index (κ3) is 6.81. The molecular weight excluding hydrogens is 450 g/mol. The zero-order valence-corrected chi connectivity index (χ0v) is 20.1. The van der Waals surface area contributed by atoms with Crippen molar-refractivity contribution in [2.75, 3.05) is 26.3 Å². The molecule has 0 fully saturated rings. The maximum Gasteiger partial charge on any atom is 0.226 e. The fraction of sp³-hybridized carbons (Fsp3) is 0.480. The minimum atomic E-state index is -0.603. The van der Waals surface area contributed by atoms with E-state index in [0.717, 1.165) is 12.0 Å². The smallest absolute Gasteiger partial charge is 0.226 e. The van der Waals surface area contributed by atoms with E-state index in [1.807, 2.05) is 19.9 Å². The van der Waals surface area contributed by atoms with E-state index >= 15 is 0 Å². The topological polar surface area (TPSA) is 50.8 Å². The lowest BCUT2D eigenvalue weighted by molar-refractivity contribution is -0.136. The van der Waals surface area contributed by atoms with Crippen LogP contribution in [-0.2, 0) is 17.9 Å². The Bertz CT molecular complexity index is 951. The van der Waals surface area contributed by atoms with Gasteiger partial charge in [-0.3, -0.25) is 4.79 Å². The number of benzene rings is 2. The molecule has 0 aromatic heterocycles. The van der Waals surface area contributed by atoms with E-state index in [0.29, 0.717) is 49.4 Å². The van der Waals surface area contributed by atoms with E-state index in [9.17, 15) is 13.6 Å². The molecule has 2 aromatic carbocycles. The average Bonchev–Trinajstić information content (AvgIpc) is 3.00. The quantitative estimate of drug-likeness (QED) is 0.536. The van der Waals surface area contributed by atoms with Crippen LogP contribution in [0.1, 0.15) is 38.3 Å². The van der Waals surface area contributed by atoms with Gasteiger partial charge in [-0.25, -0.2) is 8.78 Å². The molecule has 8 heteroatoms. The fourth-order valence-corrected chi connectivity index (χ4v) is 4.07. The van der Waals surface area contributed by atoms with Crippen LogP contribution in [-0.4, -0.2) is 37.1 Å². The molecule has 2 aromatic rings. The minimum Gasteiger partial charge on any atom is -0.489 e. The highest BCUT2D eigenvalue weighted by Crippen LogP contribution is 2.38. The van der Waals surface area contributed by atoms with E-state index in [1.54, 1.807) is 17.9 Å². The Morgan fingerprint density at radius 2 is 1.85 bits per heavy atom. The van der Waals surface area contributed by atoms with E-state index in [1.165, 1.54) is 18.2 Å². The zero-order valence-electron chi connectivity index (χ0n) is 19.3. The van der Waals surface area contributed by atoms with Gasteiger partial charge in [0.15, 0.2) is 11.5 Å². The second-order valence-electron chi connectivity index (χ2n) is 8.80. The zero-order chi connectivity index (χ0) is 24.0. The van der Waals surface area contributed by atoms with Crippen LogP contribution >= 0.6 is 11.6 Å². The van der Waals surface area contributed by atoms with E-state index < -0.39 is 11.6 Å². The van der Waals surface area contributed by atoms with Gasteiger partial charge in [0.2, 0.25) is 5.91 Å². The van der Waals surface area contributed by atoms with E-state index in [-0.39, 0.29) is 29.9 Å². The molecule has 1 aliphatic heterocycles. The van der Waals surface area contributed by atoms with Crippen molar-refractivity contribution in [2.45, 2.75) is 40.3 Å². The second kappa shape index (κ2) is 11.7. The molecule has 33 heavy (non-hydrogen) atoms. The average molecular weight is 481 g/mol. The number of hydrogen-bond donors (Lipinski definition) is 1. The summed E-state index contributed by atoms with van der Waals surface area (Å²) in [5.74, 6) is -0.241. The molecule has 0 saturated carbocycles. The lowest BCUT2D eigenvalue weighted by atomic mass is 10.1. The van der Waals surface area contributed by atoms with Gasteiger partial charge in [0, 0.05) is 44.1 Å². The van der Waals surface area contributed by atoms with Crippen molar-refractivity contribution in [2.24, 2.45) is 11.8 Å². The molecule has 3 rings (SSSR count). The van der Waals surface area contributed by atoms with Gasteiger partial charge in [-0.15, -0.1) is 0 Å². The van der Waals surface area contributed by atoms with Crippen molar-refractivity contribution in [3.05, 3.63) is 58.1 Å². The highest BCUT2D eigenvalue weighted by atomic mass is 35.5. The predicted molar refractivity (Wildman–Crippen MR) is 125 cm³/mol. The number of hydrogen-bond acceptors (Lipinski definition) is 4. The molecule has 180 valence electrons. The van der Waals surface area contributed by atoms with Crippen molar-refractivity contribution < 1.29 is 23.0 Å². The number of rotatable bonds is 9. The molecule has 1 aliphatic rings. The van der Waals surface area contributed by atoms with E-state index in [4.69, 9.17) is 21.1 Å². The highest BCUT2D eigenvalue weighted by molar-refractivity contribution is 6.32. The highest BCUT2D eigenvalue weighted by Gasteiger charge is 2.23. The fourth-order valence-electron chi connectivity index (χ4n) is 3.78. The molecule has 1 N–H and O–H groups in total. The second-order valence-corrected chi connectivity index (χ2v) is 9.21. The number of carbonyl (C=O) groups is 1. The summed E-state index contributed by atoms with van der Waals surface area (Å²) in [5, 5.41) is 3.47. The van der Waals surface area contributed by atoms with Crippen LogP contribution in [0, 0.1) is 23.5 Å². The molecule has 0 aliphatic carbocycles. The van der Waals surface area contributed by atoms with Crippen molar-refractivity contribution in [3.63, 3.8) is 0 Å². The minimum absolute atomic E-state index is 0.0120. The summed E-state index contributed by atoms with van der Waals surface area (Å²) in [6, 6.07) is 7.45. The van der Waals surface area contributed by atoms with Crippen LogP contribution in [0.25, 0.3) is 0 Å². The van der Waals surface area contributed by atoms with Gasteiger partial charge in [-0.1, -0.05) is 38.4 Å². The number of fused-ring (bicyclic) bond motifs is 1. The van der Waals surface area contributed by atoms with Gasteiger partial charge in [-0.2, -0.15) is 0 Å². The first-order valence-electron chi connectivity index (χ1n) is 11.3. The van der Waals surface area contributed by atoms with Crippen molar-refractivity contribution >= 4 is 17.5 Å². The SMILES string of the molecule is CC(C)CN(Cc1cc(Cl)c2c(c1)OCCCO2)C(=O)C(C)CNCc1c(F)cccc1F. The van der Waals surface area contributed by atoms with Crippen molar-refractivity contribution in [1.29, 1.82) is 0 Å². The number of nitrogens with zero attached hydrogens (tertiary/aromatic N) is 1. The number of halogens is 3. The largest absolute Gasteiger partial charge is 0.489 e. The molecule has 1 unspecified atom stereocenters. The van der Waals surface area contributed by atoms with Gasteiger partial charge >= 0.3 is 0 Å². The number of amides is 1. The Labute approximate surface area is 199 Å². The van der Waals surface area contributed by atoms with Gasteiger partial charge in [0.05, 0.1) is 18.2 Å². The Morgan fingerprint density at radius 3 is 2.55 bits per heavy atom. The van der Waals surface area contributed by atoms with Gasteiger partial charge < -0.3 is 19.7 Å². The Morgan fingerprint density at radius 1 is 1.15 bits per heavy atom. The molecule has 0 bridgehead atoms. The number of ether oxygens (including phenoxy) is 2. The summed E-state index contributed by atoms with van der Waals surface area (Å²) >= 11 is 6.42. The van der Waals surface area contributed by atoms with Gasteiger partial charge in [0.25, 0.3) is 0 Å². The summed E-state index contributed by atoms with van der Waals surface area (Å²) in [6.45, 7) is 8.24. The lowest BCUT2D eigenvalue weighted by Crippen LogP contribution is -2.40. The first-order chi connectivity index (χ1) is 15.8. The van der Waals surface area contributed by atoms with Crippen molar-refractivity contribution in [1.82, 2.24) is 10.2 Å².